The Labute approximate surface area is 123 Å². The van der Waals surface area contributed by atoms with Crippen molar-refractivity contribution in [3.8, 4) is 11.5 Å². The van der Waals surface area contributed by atoms with Crippen LogP contribution in [-0.4, -0.2) is 39.3 Å². The zero-order valence-electron chi connectivity index (χ0n) is 12.0. The third-order valence-corrected chi connectivity index (χ3v) is 3.23. The molecule has 0 aliphatic carbocycles. The van der Waals surface area contributed by atoms with Gasteiger partial charge in [-0.05, 0) is 24.3 Å². The Morgan fingerprint density at radius 2 is 1.71 bits per heavy atom. The SMILES string of the molecule is CN(C)C(=O)c1cnn(-c2ccccc2)c1-n1cccc1. The summed E-state index contributed by atoms with van der Waals surface area (Å²) >= 11 is 0. The first-order valence-corrected chi connectivity index (χ1v) is 6.67. The minimum absolute atomic E-state index is 0.0686. The van der Waals surface area contributed by atoms with Crippen molar-refractivity contribution in [2.24, 2.45) is 0 Å². The highest BCUT2D eigenvalue weighted by molar-refractivity contribution is 5.97. The molecule has 0 bridgehead atoms. The lowest BCUT2D eigenvalue weighted by Crippen LogP contribution is -2.23. The van der Waals surface area contributed by atoms with Gasteiger partial charge in [-0.25, -0.2) is 4.68 Å². The van der Waals surface area contributed by atoms with E-state index >= 15 is 0 Å². The van der Waals surface area contributed by atoms with Crippen LogP contribution in [0.2, 0.25) is 0 Å². The lowest BCUT2D eigenvalue weighted by Gasteiger charge is -2.13. The number of rotatable bonds is 3. The molecule has 3 rings (SSSR count). The molecule has 5 heteroatoms. The number of amides is 1. The predicted molar refractivity (Wildman–Crippen MR) is 80.9 cm³/mol. The molecule has 0 aliphatic rings. The topological polar surface area (TPSA) is 43.1 Å². The van der Waals surface area contributed by atoms with E-state index in [1.165, 1.54) is 0 Å². The maximum atomic E-state index is 12.4. The van der Waals surface area contributed by atoms with Crippen LogP contribution in [0.1, 0.15) is 10.4 Å². The second-order valence-corrected chi connectivity index (χ2v) is 4.92. The third kappa shape index (κ3) is 2.33. The Bertz CT molecular complexity index is 742. The summed E-state index contributed by atoms with van der Waals surface area (Å²) < 4.78 is 3.67. The first-order chi connectivity index (χ1) is 10.2. The Morgan fingerprint density at radius 3 is 2.33 bits per heavy atom. The zero-order chi connectivity index (χ0) is 14.8. The molecule has 2 aromatic heterocycles. The van der Waals surface area contributed by atoms with Crippen molar-refractivity contribution in [1.82, 2.24) is 19.2 Å². The number of nitrogens with zero attached hydrogens (tertiary/aromatic N) is 4. The molecule has 3 aromatic rings. The number of hydrogen-bond donors (Lipinski definition) is 0. The van der Waals surface area contributed by atoms with Gasteiger partial charge in [0.15, 0.2) is 5.82 Å². The van der Waals surface area contributed by atoms with E-state index in [0.29, 0.717) is 5.56 Å². The average Bonchev–Trinajstić information content (AvgIpc) is 3.16. The molecule has 0 saturated heterocycles. The van der Waals surface area contributed by atoms with E-state index in [0.717, 1.165) is 11.5 Å². The monoisotopic (exact) mass is 280 g/mol. The van der Waals surface area contributed by atoms with Gasteiger partial charge in [-0.3, -0.25) is 4.79 Å². The molecule has 2 heterocycles. The summed E-state index contributed by atoms with van der Waals surface area (Å²) in [6, 6.07) is 13.6. The van der Waals surface area contributed by atoms with Crippen molar-refractivity contribution in [3.63, 3.8) is 0 Å². The third-order valence-electron chi connectivity index (χ3n) is 3.23. The second-order valence-electron chi connectivity index (χ2n) is 4.92. The number of carbonyl (C=O) groups excluding carboxylic acids is 1. The molecule has 0 saturated carbocycles. The fourth-order valence-electron chi connectivity index (χ4n) is 2.22. The van der Waals surface area contributed by atoms with Crippen LogP contribution in [0.25, 0.3) is 11.5 Å². The zero-order valence-corrected chi connectivity index (χ0v) is 12.0. The van der Waals surface area contributed by atoms with E-state index in [1.807, 2.05) is 59.4 Å². The van der Waals surface area contributed by atoms with Crippen LogP contribution in [0, 0.1) is 0 Å². The van der Waals surface area contributed by atoms with Gasteiger partial charge in [0.1, 0.15) is 5.56 Å². The normalized spacial score (nSPS) is 10.6. The first kappa shape index (κ1) is 13.2. The van der Waals surface area contributed by atoms with Gasteiger partial charge in [-0.1, -0.05) is 18.2 Å². The van der Waals surface area contributed by atoms with Crippen LogP contribution in [0.15, 0.2) is 61.1 Å². The Kier molecular flexibility index (Phi) is 3.31. The van der Waals surface area contributed by atoms with Crippen LogP contribution >= 0.6 is 0 Å². The van der Waals surface area contributed by atoms with Crippen LogP contribution in [0.4, 0.5) is 0 Å². The first-order valence-electron chi connectivity index (χ1n) is 6.67. The molecule has 0 fully saturated rings. The van der Waals surface area contributed by atoms with Gasteiger partial charge >= 0.3 is 0 Å². The van der Waals surface area contributed by atoms with Gasteiger partial charge in [0.2, 0.25) is 0 Å². The second kappa shape index (κ2) is 5.28. The van der Waals surface area contributed by atoms with Crippen LogP contribution in [0.3, 0.4) is 0 Å². The molecule has 1 aromatic carbocycles. The largest absolute Gasteiger partial charge is 0.345 e. The Morgan fingerprint density at radius 1 is 1.05 bits per heavy atom. The standard InChI is InChI=1S/C16H16N4O/c1-18(2)16(21)14-12-17-20(13-8-4-3-5-9-13)15(14)19-10-6-7-11-19/h3-12H,1-2H3. The van der Waals surface area contributed by atoms with Crippen molar-refractivity contribution in [1.29, 1.82) is 0 Å². The highest BCUT2D eigenvalue weighted by atomic mass is 16.2. The molecule has 0 aliphatic heterocycles. The number of aromatic nitrogens is 3. The van der Waals surface area contributed by atoms with E-state index in [-0.39, 0.29) is 5.91 Å². The summed E-state index contributed by atoms with van der Waals surface area (Å²) in [5.41, 5.74) is 1.49. The predicted octanol–water partition coefficient (Wildman–Crippen LogP) is 2.36. The highest BCUT2D eigenvalue weighted by Gasteiger charge is 2.20. The molecule has 0 N–H and O–H groups in total. The number of carbonyl (C=O) groups is 1. The Balaban J connectivity index is 2.21. The highest BCUT2D eigenvalue weighted by Crippen LogP contribution is 2.20. The summed E-state index contributed by atoms with van der Waals surface area (Å²) in [6.07, 6.45) is 5.43. The maximum absolute atomic E-state index is 12.4. The fraction of sp³-hybridized carbons (Fsp3) is 0.125. The summed E-state index contributed by atoms with van der Waals surface area (Å²) in [5.74, 6) is 0.672. The van der Waals surface area contributed by atoms with Gasteiger partial charge < -0.3 is 9.47 Å². The van der Waals surface area contributed by atoms with Crippen molar-refractivity contribution in [2.75, 3.05) is 14.1 Å². The summed E-state index contributed by atoms with van der Waals surface area (Å²) in [4.78, 5) is 13.9. The van der Waals surface area contributed by atoms with Crippen LogP contribution < -0.4 is 0 Å². The summed E-state index contributed by atoms with van der Waals surface area (Å²) in [6.45, 7) is 0. The number of para-hydroxylation sites is 1. The van der Waals surface area contributed by atoms with Crippen molar-refractivity contribution in [3.05, 3.63) is 66.6 Å². The van der Waals surface area contributed by atoms with Gasteiger partial charge in [0.05, 0.1) is 11.9 Å². The molecular weight excluding hydrogens is 264 g/mol. The van der Waals surface area contributed by atoms with E-state index in [1.54, 1.807) is 29.9 Å². The molecule has 106 valence electrons. The lowest BCUT2D eigenvalue weighted by atomic mass is 10.2. The fourth-order valence-corrected chi connectivity index (χ4v) is 2.22. The number of benzene rings is 1. The minimum Gasteiger partial charge on any atom is -0.345 e. The number of hydrogen-bond acceptors (Lipinski definition) is 2. The molecular formula is C16H16N4O. The van der Waals surface area contributed by atoms with Gasteiger partial charge in [-0.2, -0.15) is 5.10 Å². The van der Waals surface area contributed by atoms with Crippen molar-refractivity contribution < 1.29 is 4.79 Å². The van der Waals surface area contributed by atoms with Crippen molar-refractivity contribution in [2.45, 2.75) is 0 Å². The van der Waals surface area contributed by atoms with E-state index in [4.69, 9.17) is 0 Å². The van der Waals surface area contributed by atoms with E-state index in [9.17, 15) is 4.79 Å². The molecule has 0 spiro atoms. The smallest absolute Gasteiger partial charge is 0.258 e. The molecule has 5 nitrogen and oxygen atoms in total. The molecule has 21 heavy (non-hydrogen) atoms. The quantitative estimate of drug-likeness (QED) is 0.739. The molecule has 1 amide bonds. The summed E-state index contributed by atoms with van der Waals surface area (Å²) in [5, 5.41) is 4.39. The average molecular weight is 280 g/mol. The summed E-state index contributed by atoms with van der Waals surface area (Å²) in [7, 11) is 3.48. The molecule has 0 unspecified atom stereocenters. The van der Waals surface area contributed by atoms with Crippen LogP contribution in [0.5, 0.6) is 0 Å². The maximum Gasteiger partial charge on any atom is 0.258 e. The van der Waals surface area contributed by atoms with Crippen LogP contribution in [-0.2, 0) is 0 Å². The molecule has 0 atom stereocenters. The van der Waals surface area contributed by atoms with E-state index < -0.39 is 0 Å². The molecule has 0 radical (unpaired) electrons. The van der Waals surface area contributed by atoms with Gasteiger partial charge in [0.25, 0.3) is 5.91 Å². The van der Waals surface area contributed by atoms with Gasteiger partial charge in [-0.15, -0.1) is 0 Å². The lowest BCUT2D eigenvalue weighted by molar-refractivity contribution is 0.0827. The Hall–Kier alpha value is -2.82. The van der Waals surface area contributed by atoms with Crippen molar-refractivity contribution >= 4 is 5.91 Å². The van der Waals surface area contributed by atoms with Gasteiger partial charge in [0, 0.05) is 26.5 Å². The van der Waals surface area contributed by atoms with E-state index in [2.05, 4.69) is 5.10 Å². The minimum atomic E-state index is -0.0686.